The highest BCUT2D eigenvalue weighted by molar-refractivity contribution is 5.90. The minimum atomic E-state index is -2.42. The monoisotopic (exact) mass is 620 g/mol. The molecule has 45 heavy (non-hydrogen) atoms. The molecule has 1 aromatic carbocycles. The number of fused-ring (bicyclic) bond motifs is 4. The van der Waals surface area contributed by atoms with Gasteiger partial charge < -0.3 is 35.0 Å². The van der Waals surface area contributed by atoms with Crippen LogP contribution in [0.3, 0.4) is 0 Å². The molecule has 0 bridgehead atoms. The van der Waals surface area contributed by atoms with Crippen LogP contribution in [-0.2, 0) is 23.4 Å². The summed E-state index contributed by atoms with van der Waals surface area (Å²) in [6.45, 7) is 6.06. The fourth-order valence-electron chi connectivity index (χ4n) is 7.30. The van der Waals surface area contributed by atoms with E-state index in [0.717, 1.165) is 30.5 Å². The van der Waals surface area contributed by atoms with E-state index >= 15 is 0 Å². The number of amides is 1. The van der Waals surface area contributed by atoms with Crippen molar-refractivity contribution in [2.75, 3.05) is 26.2 Å². The molecule has 0 spiro atoms. The summed E-state index contributed by atoms with van der Waals surface area (Å²) in [5, 5.41) is 42.9. The van der Waals surface area contributed by atoms with E-state index in [1.54, 1.807) is 23.1 Å². The van der Waals surface area contributed by atoms with E-state index in [4.69, 9.17) is 9.72 Å². The van der Waals surface area contributed by atoms with Gasteiger partial charge in [0.05, 0.1) is 23.5 Å². The van der Waals surface area contributed by atoms with Crippen LogP contribution in [0.5, 0.6) is 5.75 Å². The summed E-state index contributed by atoms with van der Waals surface area (Å²) < 4.78 is 6.87. The number of rotatable bonds is 7. The number of ether oxygens (including phenoxy) is 1. The SMILES string of the molecule is CCc1c2c(nc3ccc(OC(=O)N4CCC(N5CCCCC5)CC4)cc13)-c1cc([C@@](O)(CC)C(=O)O)c(CO)c(=O)n1C2O. The van der Waals surface area contributed by atoms with E-state index in [0.29, 0.717) is 53.3 Å². The number of aromatic nitrogens is 2. The van der Waals surface area contributed by atoms with Gasteiger partial charge in [-0.3, -0.25) is 9.36 Å². The number of hydrogen-bond donors (Lipinski definition) is 4. The number of nitrogens with zero attached hydrogens (tertiary/aromatic N) is 4. The van der Waals surface area contributed by atoms with E-state index in [-0.39, 0.29) is 28.9 Å². The Kier molecular flexibility index (Phi) is 8.42. The minimum absolute atomic E-state index is 0.142. The van der Waals surface area contributed by atoms with Gasteiger partial charge in [0.25, 0.3) is 5.56 Å². The van der Waals surface area contributed by atoms with Crippen LogP contribution in [0, 0.1) is 0 Å². The van der Waals surface area contributed by atoms with Gasteiger partial charge in [-0.2, -0.15) is 0 Å². The lowest BCUT2D eigenvalue weighted by Gasteiger charge is -2.39. The molecule has 6 rings (SSSR count). The van der Waals surface area contributed by atoms with Crippen molar-refractivity contribution in [2.24, 2.45) is 0 Å². The smallest absolute Gasteiger partial charge is 0.415 e. The maximum atomic E-state index is 13.6. The summed E-state index contributed by atoms with van der Waals surface area (Å²) in [7, 11) is 0. The second kappa shape index (κ2) is 12.2. The van der Waals surface area contributed by atoms with Crippen LogP contribution in [0.2, 0.25) is 0 Å². The summed E-state index contributed by atoms with van der Waals surface area (Å²) in [5.41, 5.74) is -1.79. The highest BCUT2D eigenvalue weighted by Gasteiger charge is 2.42. The molecule has 2 atom stereocenters. The summed E-state index contributed by atoms with van der Waals surface area (Å²) in [5.74, 6) is -1.22. The standard InChI is InChI=1S/C33H40N4O8/c1-3-21-22-16-20(45-32(43)36-14-10-19(11-15-36)35-12-6-5-7-13-35)8-9-25(22)34-28-26-17-24(33(44,4-2)31(41)42)23(18-38)29(39)37(26)30(40)27(21)28/h8-9,16-17,19,30,38,40,44H,3-7,10-15,18H2,1-2H3,(H,41,42)/t30?,33-/m0/s1. The van der Waals surface area contributed by atoms with Crippen LogP contribution in [0.25, 0.3) is 22.3 Å². The number of piperidine rings is 2. The van der Waals surface area contributed by atoms with Crippen LogP contribution in [-0.4, -0.2) is 84.1 Å². The van der Waals surface area contributed by atoms with Gasteiger partial charge in [0.15, 0.2) is 11.8 Å². The number of aliphatic hydroxyl groups is 3. The Labute approximate surface area is 260 Å². The van der Waals surface area contributed by atoms with Crippen molar-refractivity contribution < 1.29 is 34.8 Å². The molecule has 2 aromatic heterocycles. The zero-order chi connectivity index (χ0) is 32.0. The first-order valence-electron chi connectivity index (χ1n) is 15.8. The summed E-state index contributed by atoms with van der Waals surface area (Å²) in [4.78, 5) is 47.8. The Balaban J connectivity index is 1.32. The first-order chi connectivity index (χ1) is 21.6. The van der Waals surface area contributed by atoms with Crippen molar-refractivity contribution in [2.45, 2.75) is 83.3 Å². The van der Waals surface area contributed by atoms with Crippen molar-refractivity contribution in [3.63, 3.8) is 0 Å². The Hall–Kier alpha value is -3.84. The van der Waals surface area contributed by atoms with Gasteiger partial charge in [-0.15, -0.1) is 0 Å². The predicted molar refractivity (Wildman–Crippen MR) is 165 cm³/mol. The maximum Gasteiger partial charge on any atom is 0.415 e. The number of pyridine rings is 2. The molecule has 4 N–H and O–H groups in total. The fourth-order valence-corrected chi connectivity index (χ4v) is 7.30. The zero-order valence-corrected chi connectivity index (χ0v) is 25.7. The third-order valence-electron chi connectivity index (χ3n) is 9.85. The van der Waals surface area contributed by atoms with Gasteiger partial charge in [-0.05, 0) is 81.4 Å². The van der Waals surface area contributed by atoms with E-state index in [2.05, 4.69) is 4.90 Å². The van der Waals surface area contributed by atoms with Crippen molar-refractivity contribution >= 4 is 23.0 Å². The zero-order valence-electron chi connectivity index (χ0n) is 25.7. The quantitative estimate of drug-likeness (QED) is 0.308. The van der Waals surface area contributed by atoms with E-state index < -0.39 is 36.1 Å². The van der Waals surface area contributed by atoms with Crippen LogP contribution < -0.4 is 10.3 Å². The number of carbonyl (C=O) groups is 2. The predicted octanol–water partition coefficient (Wildman–Crippen LogP) is 3.10. The Morgan fingerprint density at radius 2 is 1.76 bits per heavy atom. The highest BCUT2D eigenvalue weighted by atomic mass is 16.6. The number of likely N-dealkylation sites (tertiary alicyclic amines) is 2. The number of carbonyl (C=O) groups excluding carboxylic acids is 1. The molecule has 5 heterocycles. The number of aliphatic carboxylic acids is 1. The number of hydrogen-bond acceptors (Lipinski definition) is 9. The maximum absolute atomic E-state index is 13.6. The number of benzene rings is 1. The van der Waals surface area contributed by atoms with Crippen molar-refractivity contribution in [3.8, 4) is 17.1 Å². The number of aryl methyl sites for hydroxylation is 1. The van der Waals surface area contributed by atoms with Gasteiger partial charge in [0.1, 0.15) is 5.75 Å². The van der Waals surface area contributed by atoms with Crippen molar-refractivity contribution in [3.05, 3.63) is 56.9 Å². The largest absolute Gasteiger partial charge is 0.479 e. The summed E-state index contributed by atoms with van der Waals surface area (Å²) in [6.07, 6.45) is 3.92. The molecule has 12 nitrogen and oxygen atoms in total. The molecule has 0 aliphatic carbocycles. The molecular weight excluding hydrogens is 580 g/mol. The van der Waals surface area contributed by atoms with Crippen LogP contribution in [0.15, 0.2) is 29.1 Å². The van der Waals surface area contributed by atoms with Crippen molar-refractivity contribution in [1.82, 2.24) is 19.4 Å². The highest BCUT2D eigenvalue weighted by Crippen LogP contribution is 2.43. The third-order valence-corrected chi connectivity index (χ3v) is 9.85. The molecule has 1 amide bonds. The van der Waals surface area contributed by atoms with Crippen LogP contribution >= 0.6 is 0 Å². The van der Waals surface area contributed by atoms with E-state index in [1.165, 1.54) is 32.3 Å². The van der Waals surface area contributed by atoms with E-state index in [9.17, 15) is 34.8 Å². The van der Waals surface area contributed by atoms with Gasteiger partial charge in [-0.1, -0.05) is 20.3 Å². The Morgan fingerprint density at radius 3 is 2.38 bits per heavy atom. The van der Waals surface area contributed by atoms with Gasteiger partial charge in [0.2, 0.25) is 0 Å². The molecule has 3 aromatic rings. The molecule has 12 heteroatoms. The number of aliphatic hydroxyl groups excluding tert-OH is 2. The normalized spacial score (nSPS) is 20.1. The minimum Gasteiger partial charge on any atom is -0.479 e. The molecule has 3 aliphatic rings. The first kappa shape index (κ1) is 31.2. The second-order valence-corrected chi connectivity index (χ2v) is 12.2. The molecule has 3 aliphatic heterocycles. The second-order valence-electron chi connectivity index (χ2n) is 12.2. The third kappa shape index (κ3) is 5.19. The first-order valence-corrected chi connectivity index (χ1v) is 15.8. The lowest BCUT2D eigenvalue weighted by molar-refractivity contribution is -0.160. The van der Waals surface area contributed by atoms with Gasteiger partial charge >= 0.3 is 12.1 Å². The molecule has 0 saturated carbocycles. The Bertz CT molecular complexity index is 1710. The average Bonchev–Trinajstić information content (AvgIpc) is 3.34. The van der Waals surface area contributed by atoms with Crippen molar-refractivity contribution in [1.29, 1.82) is 0 Å². The molecule has 2 saturated heterocycles. The Morgan fingerprint density at radius 1 is 1.04 bits per heavy atom. The van der Waals surface area contributed by atoms with Crippen LogP contribution in [0.1, 0.15) is 80.9 Å². The summed E-state index contributed by atoms with van der Waals surface area (Å²) in [6, 6.07) is 6.89. The number of carboxylic acid groups (broad SMARTS) is 1. The average molecular weight is 621 g/mol. The van der Waals surface area contributed by atoms with Gasteiger partial charge in [0, 0.05) is 41.2 Å². The van der Waals surface area contributed by atoms with E-state index in [1.807, 2.05) is 6.92 Å². The molecule has 1 unspecified atom stereocenters. The number of carboxylic acids is 1. The summed E-state index contributed by atoms with van der Waals surface area (Å²) >= 11 is 0. The van der Waals surface area contributed by atoms with Gasteiger partial charge in [-0.25, -0.2) is 14.6 Å². The van der Waals surface area contributed by atoms with Crippen LogP contribution in [0.4, 0.5) is 4.79 Å². The lowest BCUT2D eigenvalue weighted by Crippen LogP contribution is -2.48. The molecule has 240 valence electrons. The topological polar surface area (TPSA) is 166 Å². The molecule has 2 fully saturated rings. The molecular formula is C33H40N4O8. The lowest BCUT2D eigenvalue weighted by atomic mass is 9.87. The fraction of sp³-hybridized carbons (Fsp3) is 0.515. The molecule has 0 radical (unpaired) electrons.